The Morgan fingerprint density at radius 1 is 0.361 bits per heavy atom. The van der Waals surface area contributed by atoms with Crippen LogP contribution in [0.15, 0.2) is 36.4 Å². The van der Waals surface area contributed by atoms with E-state index in [1.54, 1.807) is 24.3 Å². The summed E-state index contributed by atoms with van der Waals surface area (Å²) in [5.74, 6) is 0.314. The minimum absolute atomic E-state index is 0.0219. The minimum atomic E-state index is -0.361. The molecular weight excluding hydrogens is 925 g/mol. The summed E-state index contributed by atoms with van der Waals surface area (Å²) in [4.78, 5) is 82.3. The van der Waals surface area contributed by atoms with Gasteiger partial charge in [0.05, 0.1) is 76.0 Å². The molecule has 2 heterocycles. The average molecular weight is 997 g/mol. The Morgan fingerprint density at radius 3 is 0.861 bits per heavy atom. The van der Waals surface area contributed by atoms with Gasteiger partial charge in [0.25, 0.3) is 23.6 Å². The maximum atomic E-state index is 14.0. The number of amides is 4. The second kappa shape index (κ2) is 25.3. The third-order valence-corrected chi connectivity index (χ3v) is 14.8. The Balaban J connectivity index is 0.923. The van der Waals surface area contributed by atoms with Crippen LogP contribution in [0.1, 0.15) is 152 Å². The number of carbonyl (C=O) groups is 6. The van der Waals surface area contributed by atoms with Gasteiger partial charge in [0.2, 0.25) is 0 Å². The van der Waals surface area contributed by atoms with E-state index in [0.717, 1.165) is 51.9 Å². The lowest BCUT2D eigenvalue weighted by Gasteiger charge is -2.29. The molecule has 18 heteroatoms. The molecule has 0 radical (unpaired) electrons. The fraction of sp³-hybridized carbons (Fsp3) is 0.556. The van der Waals surface area contributed by atoms with Gasteiger partial charge < -0.3 is 60.3 Å². The number of nitrogens with one attached hydrogen (secondary N) is 6. The number of hydrogen-bond donors (Lipinski definition) is 6. The minimum Gasteiger partial charge on any atom is -0.496 e. The summed E-state index contributed by atoms with van der Waals surface area (Å²) in [6.07, 6.45) is 9.08. The van der Waals surface area contributed by atoms with Crippen LogP contribution in [0.4, 0.5) is 0 Å². The molecule has 3 aromatic carbocycles. The Bertz CT molecular complexity index is 2270. The summed E-state index contributed by atoms with van der Waals surface area (Å²) < 4.78 is 33.5. The van der Waals surface area contributed by atoms with E-state index in [4.69, 9.17) is 28.4 Å². The van der Waals surface area contributed by atoms with Gasteiger partial charge in [0.1, 0.15) is 34.5 Å². The number of carbonyl (C=O) groups excluding carboxylic acids is 6. The summed E-state index contributed by atoms with van der Waals surface area (Å²) in [6, 6.07) is 9.13. The molecule has 6 N–H and O–H groups in total. The maximum absolute atomic E-state index is 14.0. The van der Waals surface area contributed by atoms with E-state index < -0.39 is 0 Å². The topological polar surface area (TPSA) is 230 Å². The molecule has 0 aromatic heterocycles. The van der Waals surface area contributed by atoms with E-state index >= 15 is 0 Å². The molecule has 0 bridgehead atoms. The van der Waals surface area contributed by atoms with Crippen LogP contribution in [-0.2, 0) is 0 Å². The molecule has 390 valence electrons. The molecule has 18 nitrogen and oxygen atoms in total. The number of ether oxygens (including phenoxy) is 6. The molecule has 0 spiro atoms. The zero-order valence-electron chi connectivity index (χ0n) is 42.6. The lowest BCUT2D eigenvalue weighted by molar-refractivity contribution is 0.0890. The lowest BCUT2D eigenvalue weighted by atomic mass is 9.81. The Morgan fingerprint density at radius 2 is 0.597 bits per heavy atom. The van der Waals surface area contributed by atoms with Crippen molar-refractivity contribution in [3.05, 3.63) is 69.8 Å². The molecule has 7 rings (SSSR count). The molecule has 2 saturated carbocycles. The van der Waals surface area contributed by atoms with E-state index in [9.17, 15) is 28.8 Å². The van der Waals surface area contributed by atoms with E-state index in [2.05, 4.69) is 31.9 Å². The van der Waals surface area contributed by atoms with Gasteiger partial charge in [-0.15, -0.1) is 0 Å². The number of hydrogen-bond acceptors (Lipinski definition) is 14. The molecule has 4 amide bonds. The number of methoxy groups -OCH3 is 6. The highest BCUT2D eigenvalue weighted by Crippen LogP contribution is 2.37. The highest BCUT2D eigenvalue weighted by atomic mass is 16.5. The second-order valence-electron chi connectivity index (χ2n) is 19.4. The first-order chi connectivity index (χ1) is 34.9. The van der Waals surface area contributed by atoms with Gasteiger partial charge in [-0.2, -0.15) is 0 Å². The first-order valence-electron chi connectivity index (χ1n) is 25.4. The van der Waals surface area contributed by atoms with Crippen molar-refractivity contribution >= 4 is 35.2 Å². The third-order valence-electron chi connectivity index (χ3n) is 14.8. The molecule has 4 aliphatic rings. The number of benzene rings is 3. The average Bonchev–Trinajstić information content (AvgIpc) is 3.41. The van der Waals surface area contributed by atoms with Gasteiger partial charge in [-0.25, -0.2) is 0 Å². The van der Waals surface area contributed by atoms with E-state index in [1.165, 1.54) is 54.8 Å². The van der Waals surface area contributed by atoms with Crippen LogP contribution in [0.5, 0.6) is 34.5 Å². The van der Waals surface area contributed by atoms with Crippen LogP contribution in [0.2, 0.25) is 0 Å². The van der Waals surface area contributed by atoms with Crippen LogP contribution in [0.25, 0.3) is 0 Å². The molecule has 3 aromatic rings. The summed E-state index contributed by atoms with van der Waals surface area (Å²) >= 11 is 0. The standard InChI is InChI=1S/C54H72N6O12/c1-67-45-28-46(68-2)38(44(62)24-32-9-13-34(14-10-32)58-52(64)40-27-42(50(72-6)30-48(40)70-4)54(66)60-36-17-21-56-22-18-36)25-37(45)43(61)23-31-7-11-33(12-8-31)57-51(63)39-26-41(49(71-5)29-47(39)69-3)53(65)59-35-15-19-55-20-16-35/h25-36,55-56H,7-24H2,1-6H3,(H,57,63)(H,58,64)(H,59,65)(H,60,66). The maximum Gasteiger partial charge on any atom is 0.255 e. The van der Waals surface area contributed by atoms with Crippen molar-refractivity contribution in [3.63, 3.8) is 0 Å². The van der Waals surface area contributed by atoms with E-state index in [-0.39, 0.29) is 106 Å². The summed E-state index contributed by atoms with van der Waals surface area (Å²) in [7, 11) is 8.85. The zero-order chi connectivity index (χ0) is 51.3. The van der Waals surface area contributed by atoms with Crippen LogP contribution in [0, 0.1) is 11.8 Å². The van der Waals surface area contributed by atoms with Crippen LogP contribution in [0.3, 0.4) is 0 Å². The van der Waals surface area contributed by atoms with Gasteiger partial charge in [0.15, 0.2) is 11.6 Å². The van der Waals surface area contributed by atoms with E-state index in [1.807, 2.05) is 0 Å². The number of piperidine rings is 2. The van der Waals surface area contributed by atoms with Crippen molar-refractivity contribution < 1.29 is 57.2 Å². The summed E-state index contributed by atoms with van der Waals surface area (Å²) in [5, 5.41) is 19.0. The van der Waals surface area contributed by atoms with Crippen molar-refractivity contribution in [2.24, 2.45) is 11.8 Å². The predicted molar refractivity (Wildman–Crippen MR) is 270 cm³/mol. The normalized spacial score (nSPS) is 20.5. The predicted octanol–water partition coefficient (Wildman–Crippen LogP) is 5.83. The van der Waals surface area contributed by atoms with Crippen LogP contribution in [-0.4, -0.2) is 128 Å². The highest BCUT2D eigenvalue weighted by Gasteiger charge is 2.32. The molecule has 4 fully saturated rings. The quantitative estimate of drug-likeness (QED) is 0.0733. The molecule has 0 unspecified atom stereocenters. The highest BCUT2D eigenvalue weighted by molar-refractivity contribution is 6.06. The van der Waals surface area contributed by atoms with Crippen LogP contribution < -0.4 is 60.3 Å². The van der Waals surface area contributed by atoms with Crippen molar-refractivity contribution in [3.8, 4) is 34.5 Å². The second-order valence-corrected chi connectivity index (χ2v) is 19.4. The fourth-order valence-corrected chi connectivity index (χ4v) is 10.6. The third kappa shape index (κ3) is 13.2. The number of ketones is 2. The van der Waals surface area contributed by atoms with Gasteiger partial charge in [0, 0.05) is 55.2 Å². The molecule has 0 atom stereocenters. The summed E-state index contributed by atoms with van der Waals surface area (Å²) in [6.45, 7) is 3.27. The van der Waals surface area contributed by atoms with Crippen molar-refractivity contribution in [2.45, 2.75) is 114 Å². The smallest absolute Gasteiger partial charge is 0.255 e. The van der Waals surface area contributed by atoms with Crippen molar-refractivity contribution in [2.75, 3.05) is 68.8 Å². The van der Waals surface area contributed by atoms with E-state index in [0.29, 0.717) is 97.0 Å². The van der Waals surface area contributed by atoms with Gasteiger partial charge in [-0.1, -0.05) is 0 Å². The monoisotopic (exact) mass is 997 g/mol. The zero-order valence-corrected chi connectivity index (χ0v) is 42.6. The Kier molecular flexibility index (Phi) is 18.8. The largest absolute Gasteiger partial charge is 0.496 e. The first-order valence-corrected chi connectivity index (χ1v) is 25.4. The fourth-order valence-electron chi connectivity index (χ4n) is 10.6. The summed E-state index contributed by atoms with van der Waals surface area (Å²) in [5.41, 5.74) is 1.61. The molecule has 2 aliphatic carbocycles. The molecule has 2 aliphatic heterocycles. The lowest BCUT2D eigenvalue weighted by Crippen LogP contribution is -2.43. The molecule has 72 heavy (non-hydrogen) atoms. The van der Waals surface area contributed by atoms with Gasteiger partial charge in [-0.3, -0.25) is 28.8 Å². The van der Waals surface area contributed by atoms with Crippen molar-refractivity contribution in [1.82, 2.24) is 31.9 Å². The molecular formula is C54H72N6O12. The van der Waals surface area contributed by atoms with Crippen LogP contribution >= 0.6 is 0 Å². The number of Topliss-reactive ketones (excluding diaryl/α,β-unsaturated/α-hetero) is 2. The van der Waals surface area contributed by atoms with Gasteiger partial charge in [-0.05, 0) is 133 Å². The number of rotatable bonds is 20. The van der Waals surface area contributed by atoms with Crippen molar-refractivity contribution in [1.29, 1.82) is 0 Å². The Labute approximate surface area is 422 Å². The Hall–Kier alpha value is -6.40. The first kappa shape index (κ1) is 53.4. The van der Waals surface area contributed by atoms with Gasteiger partial charge >= 0.3 is 0 Å². The molecule has 2 saturated heterocycles. The SMILES string of the molecule is COc1cc(OC)c(C(=O)CC2CCC(NC(=O)c3cc(C(=O)NC4CCNCC4)c(OC)cc3OC)CC2)cc1C(=O)CC1CCC(NC(=O)c2cc(C(=O)NC3CCNCC3)c(OC)cc2OC)CC1.